The van der Waals surface area contributed by atoms with E-state index in [4.69, 9.17) is 33.7 Å². The largest absolute Gasteiger partial charge is 0.482 e. The van der Waals surface area contributed by atoms with Gasteiger partial charge in [0.1, 0.15) is 11.9 Å². The van der Waals surface area contributed by atoms with Crippen molar-refractivity contribution in [1.29, 1.82) is 0 Å². The Bertz CT molecular complexity index is 808. The van der Waals surface area contributed by atoms with Crippen LogP contribution in [0.1, 0.15) is 43.4 Å². The number of hydrogen-bond acceptors (Lipinski definition) is 3. The molecule has 1 aromatic heterocycles. The van der Waals surface area contributed by atoms with Gasteiger partial charge in [0.05, 0.1) is 5.02 Å². The Labute approximate surface area is 150 Å². The molecule has 126 valence electrons. The molecule has 6 heteroatoms. The summed E-state index contributed by atoms with van der Waals surface area (Å²) >= 11 is 12.2. The number of benzene rings is 1. The molecule has 1 heterocycles. The van der Waals surface area contributed by atoms with Gasteiger partial charge in [0.2, 0.25) is 0 Å². The van der Waals surface area contributed by atoms with Crippen molar-refractivity contribution in [2.45, 2.75) is 32.3 Å². The van der Waals surface area contributed by atoms with Gasteiger partial charge in [-0.3, -0.25) is 0 Å². The number of nitrogen functional groups attached to an aromatic ring is 1. The zero-order valence-corrected chi connectivity index (χ0v) is 14.7. The van der Waals surface area contributed by atoms with Gasteiger partial charge in [-0.25, -0.2) is 9.37 Å². The van der Waals surface area contributed by atoms with Gasteiger partial charge in [-0.05, 0) is 55.5 Å². The molecule has 3 rings (SSSR count). The van der Waals surface area contributed by atoms with Crippen LogP contribution in [0.5, 0.6) is 5.75 Å². The standard InChI is InChI=1S/C18H17Cl2FN2O/c1-10(16-13(19)6-7-14(21)17(16)20)24-15-8-12(9-23-18(15)22)11-4-2-3-5-11/h4,6-10H,2-3,5H2,1H3,(H2,22,23). The Morgan fingerprint density at radius 3 is 2.83 bits per heavy atom. The predicted octanol–water partition coefficient (Wildman–Crippen LogP) is 5.82. The van der Waals surface area contributed by atoms with Crippen LogP contribution in [0.2, 0.25) is 10.0 Å². The first-order valence-electron chi connectivity index (χ1n) is 7.72. The van der Waals surface area contributed by atoms with Crippen LogP contribution in [0.4, 0.5) is 10.2 Å². The average molecular weight is 367 g/mol. The molecular weight excluding hydrogens is 350 g/mol. The molecule has 0 fully saturated rings. The van der Waals surface area contributed by atoms with Crippen LogP contribution in [0, 0.1) is 5.82 Å². The van der Waals surface area contributed by atoms with E-state index < -0.39 is 11.9 Å². The highest BCUT2D eigenvalue weighted by Crippen LogP contribution is 2.37. The molecule has 1 aromatic carbocycles. The second-order valence-electron chi connectivity index (χ2n) is 5.75. The lowest BCUT2D eigenvalue weighted by atomic mass is 10.1. The molecule has 1 unspecified atom stereocenters. The molecule has 2 aromatic rings. The second-order valence-corrected chi connectivity index (χ2v) is 6.53. The molecule has 0 saturated carbocycles. The molecule has 2 N–H and O–H groups in total. The SMILES string of the molecule is CC(Oc1cc(C2=CCCC2)cnc1N)c1c(Cl)ccc(F)c1Cl. The van der Waals surface area contributed by atoms with Gasteiger partial charge in [-0.1, -0.05) is 29.3 Å². The van der Waals surface area contributed by atoms with E-state index in [1.54, 1.807) is 13.1 Å². The molecule has 1 atom stereocenters. The van der Waals surface area contributed by atoms with Crippen LogP contribution >= 0.6 is 23.2 Å². The quantitative estimate of drug-likeness (QED) is 0.693. The predicted molar refractivity (Wildman–Crippen MR) is 95.9 cm³/mol. The molecule has 3 nitrogen and oxygen atoms in total. The van der Waals surface area contributed by atoms with Gasteiger partial charge in [0.15, 0.2) is 11.6 Å². The summed E-state index contributed by atoms with van der Waals surface area (Å²) in [7, 11) is 0. The van der Waals surface area contributed by atoms with Gasteiger partial charge in [0, 0.05) is 16.8 Å². The highest BCUT2D eigenvalue weighted by molar-refractivity contribution is 6.36. The third kappa shape index (κ3) is 3.35. The van der Waals surface area contributed by atoms with Crippen molar-refractivity contribution in [3.05, 3.63) is 57.5 Å². The molecule has 0 spiro atoms. The molecule has 0 aliphatic heterocycles. The van der Waals surface area contributed by atoms with E-state index in [0.29, 0.717) is 16.3 Å². The molecule has 0 radical (unpaired) electrons. The van der Waals surface area contributed by atoms with E-state index in [0.717, 1.165) is 24.8 Å². The lowest BCUT2D eigenvalue weighted by Gasteiger charge is -2.19. The summed E-state index contributed by atoms with van der Waals surface area (Å²) in [5.74, 6) is 0.166. The van der Waals surface area contributed by atoms with Crippen LogP contribution in [-0.2, 0) is 0 Å². The van der Waals surface area contributed by atoms with Crippen LogP contribution in [0.3, 0.4) is 0 Å². The summed E-state index contributed by atoms with van der Waals surface area (Å²) < 4.78 is 19.6. The Hall–Kier alpha value is -1.78. The number of pyridine rings is 1. The number of nitrogens with zero attached hydrogens (tertiary/aromatic N) is 1. The maximum Gasteiger partial charge on any atom is 0.166 e. The summed E-state index contributed by atoms with van der Waals surface area (Å²) in [6.07, 6.45) is 6.59. The zero-order valence-electron chi connectivity index (χ0n) is 13.2. The molecule has 24 heavy (non-hydrogen) atoms. The summed E-state index contributed by atoms with van der Waals surface area (Å²) in [4.78, 5) is 4.20. The van der Waals surface area contributed by atoms with Gasteiger partial charge >= 0.3 is 0 Å². The highest BCUT2D eigenvalue weighted by atomic mass is 35.5. The van der Waals surface area contributed by atoms with Gasteiger partial charge in [-0.15, -0.1) is 0 Å². The topological polar surface area (TPSA) is 48.1 Å². The molecular formula is C18H17Cl2FN2O. The monoisotopic (exact) mass is 366 g/mol. The Kier molecular flexibility index (Phi) is 4.97. The fourth-order valence-corrected chi connectivity index (χ4v) is 3.50. The van der Waals surface area contributed by atoms with Crippen molar-refractivity contribution >= 4 is 34.6 Å². The van der Waals surface area contributed by atoms with E-state index in [9.17, 15) is 4.39 Å². The molecule has 1 aliphatic rings. The highest BCUT2D eigenvalue weighted by Gasteiger charge is 2.20. The molecule has 0 saturated heterocycles. The Morgan fingerprint density at radius 2 is 2.12 bits per heavy atom. The first kappa shape index (κ1) is 17.1. The number of allylic oxidation sites excluding steroid dienone is 2. The van der Waals surface area contributed by atoms with Crippen molar-refractivity contribution in [1.82, 2.24) is 4.98 Å². The fourth-order valence-electron chi connectivity index (χ4n) is 2.82. The minimum Gasteiger partial charge on any atom is -0.482 e. The lowest BCUT2D eigenvalue weighted by Crippen LogP contribution is -2.08. The summed E-state index contributed by atoms with van der Waals surface area (Å²) in [6, 6.07) is 4.54. The van der Waals surface area contributed by atoms with E-state index >= 15 is 0 Å². The lowest BCUT2D eigenvalue weighted by molar-refractivity contribution is 0.227. The van der Waals surface area contributed by atoms with Gasteiger partial charge < -0.3 is 10.5 Å². The first-order chi connectivity index (χ1) is 11.5. The number of rotatable bonds is 4. The normalized spacial score (nSPS) is 15.2. The number of halogens is 3. The van der Waals surface area contributed by atoms with Crippen LogP contribution < -0.4 is 10.5 Å². The van der Waals surface area contributed by atoms with E-state index in [2.05, 4.69) is 11.1 Å². The molecule has 0 bridgehead atoms. The van der Waals surface area contributed by atoms with E-state index in [-0.39, 0.29) is 10.8 Å². The van der Waals surface area contributed by atoms with Gasteiger partial charge in [-0.2, -0.15) is 0 Å². The van der Waals surface area contributed by atoms with Crippen molar-refractivity contribution in [3.63, 3.8) is 0 Å². The Balaban J connectivity index is 1.91. The maximum absolute atomic E-state index is 13.7. The minimum atomic E-state index is -0.572. The second kappa shape index (κ2) is 6.99. The number of ether oxygens (including phenoxy) is 1. The maximum atomic E-state index is 13.7. The smallest absolute Gasteiger partial charge is 0.166 e. The Morgan fingerprint density at radius 1 is 1.33 bits per heavy atom. The van der Waals surface area contributed by atoms with Crippen molar-refractivity contribution < 1.29 is 9.13 Å². The van der Waals surface area contributed by atoms with Crippen LogP contribution in [-0.4, -0.2) is 4.98 Å². The summed E-state index contributed by atoms with van der Waals surface area (Å²) in [6.45, 7) is 1.74. The van der Waals surface area contributed by atoms with Crippen LogP contribution in [0.15, 0.2) is 30.5 Å². The van der Waals surface area contributed by atoms with E-state index in [1.165, 1.54) is 17.7 Å². The third-order valence-electron chi connectivity index (χ3n) is 4.08. The molecule has 0 amide bonds. The number of aromatic nitrogens is 1. The number of anilines is 1. The van der Waals surface area contributed by atoms with Crippen molar-refractivity contribution in [3.8, 4) is 5.75 Å². The summed E-state index contributed by atoms with van der Waals surface area (Å²) in [5.41, 5.74) is 8.54. The minimum absolute atomic E-state index is 0.0452. The van der Waals surface area contributed by atoms with Gasteiger partial charge in [0.25, 0.3) is 0 Å². The fraction of sp³-hybridized carbons (Fsp3) is 0.278. The van der Waals surface area contributed by atoms with Crippen LogP contribution in [0.25, 0.3) is 5.57 Å². The first-order valence-corrected chi connectivity index (χ1v) is 8.48. The van der Waals surface area contributed by atoms with Crippen molar-refractivity contribution in [2.75, 3.05) is 5.73 Å². The number of hydrogen-bond donors (Lipinski definition) is 1. The average Bonchev–Trinajstić information content (AvgIpc) is 3.08. The van der Waals surface area contributed by atoms with E-state index in [1.807, 2.05) is 6.07 Å². The zero-order chi connectivity index (χ0) is 17.3. The summed E-state index contributed by atoms with van der Waals surface area (Å²) in [5, 5.41) is 0.297. The third-order valence-corrected chi connectivity index (χ3v) is 4.80. The number of nitrogens with two attached hydrogens (primary N) is 1. The van der Waals surface area contributed by atoms with Crippen molar-refractivity contribution in [2.24, 2.45) is 0 Å². The molecule has 1 aliphatic carbocycles.